The summed E-state index contributed by atoms with van der Waals surface area (Å²) in [7, 11) is 1.54. The number of benzene rings is 1. The molecule has 1 rings (SSSR count). The number of thiocarbonyl (C=S) groups is 1. The number of nitrogens with two attached hydrogens (primary N) is 1. The first-order valence-corrected chi connectivity index (χ1v) is 7.14. The van der Waals surface area contributed by atoms with Crippen LogP contribution in [0.4, 0.5) is 5.69 Å². The van der Waals surface area contributed by atoms with Crippen LogP contribution in [0.3, 0.4) is 0 Å². The van der Waals surface area contributed by atoms with Gasteiger partial charge >= 0.3 is 5.97 Å². The molecule has 0 radical (unpaired) electrons. The molecular formula is C14H19N5O3S. The third kappa shape index (κ3) is 5.91. The molecule has 0 aliphatic rings. The second-order valence-electron chi connectivity index (χ2n) is 4.17. The average molecular weight is 337 g/mol. The Labute approximate surface area is 139 Å². The molecule has 0 fully saturated rings. The van der Waals surface area contributed by atoms with Crippen LogP contribution in [0.1, 0.15) is 13.8 Å². The second kappa shape index (κ2) is 9.36. The monoisotopic (exact) mass is 337 g/mol. The highest BCUT2D eigenvalue weighted by molar-refractivity contribution is 7.80. The number of nitrogens with zero attached hydrogens (tertiary/aromatic N) is 2. The largest absolute Gasteiger partial charge is 0.495 e. The van der Waals surface area contributed by atoms with Crippen molar-refractivity contribution >= 4 is 40.4 Å². The van der Waals surface area contributed by atoms with Crippen LogP contribution in [-0.4, -0.2) is 36.2 Å². The summed E-state index contributed by atoms with van der Waals surface area (Å²) in [6.07, 6.45) is 0. The molecule has 0 aliphatic heterocycles. The number of rotatable bonds is 7. The lowest BCUT2D eigenvalue weighted by molar-refractivity contribution is -0.134. The van der Waals surface area contributed by atoms with Crippen molar-refractivity contribution in [3.63, 3.8) is 0 Å². The molecule has 0 saturated carbocycles. The first-order valence-electron chi connectivity index (χ1n) is 6.73. The Morgan fingerprint density at radius 1 is 1.35 bits per heavy atom. The molecule has 0 heterocycles. The third-order valence-electron chi connectivity index (χ3n) is 2.54. The predicted octanol–water partition coefficient (Wildman–Crippen LogP) is 1.24. The van der Waals surface area contributed by atoms with Crippen LogP contribution >= 0.6 is 12.2 Å². The molecule has 0 atom stereocenters. The highest BCUT2D eigenvalue weighted by Crippen LogP contribution is 2.22. The lowest BCUT2D eigenvalue weighted by Gasteiger charge is -2.09. The van der Waals surface area contributed by atoms with Gasteiger partial charge in [0, 0.05) is 0 Å². The van der Waals surface area contributed by atoms with Crippen molar-refractivity contribution in [3.05, 3.63) is 24.3 Å². The zero-order valence-corrected chi connectivity index (χ0v) is 13.9. The molecule has 23 heavy (non-hydrogen) atoms. The fraction of sp³-hybridized carbons (Fsp3) is 0.286. The van der Waals surface area contributed by atoms with Gasteiger partial charge in [0.25, 0.3) is 0 Å². The molecule has 0 amide bonds. The van der Waals surface area contributed by atoms with Crippen LogP contribution in [0, 0.1) is 0 Å². The summed E-state index contributed by atoms with van der Waals surface area (Å²) >= 11 is 4.66. The topological polar surface area (TPSA) is 110 Å². The van der Waals surface area contributed by atoms with Crippen molar-refractivity contribution in [2.24, 2.45) is 15.9 Å². The average Bonchev–Trinajstić information content (AvgIpc) is 2.53. The molecule has 0 aliphatic carbocycles. The maximum Gasteiger partial charge on any atom is 0.360 e. The molecule has 0 unspecified atom stereocenters. The predicted molar refractivity (Wildman–Crippen MR) is 93.7 cm³/mol. The lowest BCUT2D eigenvalue weighted by Crippen LogP contribution is -2.30. The number of nitrogens with one attached hydrogen (secondary N) is 2. The summed E-state index contributed by atoms with van der Waals surface area (Å²) in [4.78, 5) is 12.0. The van der Waals surface area contributed by atoms with E-state index in [-0.39, 0.29) is 23.1 Å². The normalized spacial score (nSPS) is 11.6. The molecule has 0 bridgehead atoms. The Morgan fingerprint density at radius 3 is 2.65 bits per heavy atom. The van der Waals surface area contributed by atoms with E-state index in [4.69, 9.17) is 15.2 Å². The van der Waals surface area contributed by atoms with Crippen molar-refractivity contribution in [1.82, 2.24) is 5.43 Å². The number of ether oxygens (including phenoxy) is 2. The zero-order valence-electron chi connectivity index (χ0n) is 13.1. The van der Waals surface area contributed by atoms with E-state index >= 15 is 0 Å². The van der Waals surface area contributed by atoms with E-state index in [9.17, 15) is 4.79 Å². The molecule has 4 N–H and O–H groups in total. The van der Waals surface area contributed by atoms with Gasteiger partial charge in [0.15, 0.2) is 10.8 Å². The van der Waals surface area contributed by atoms with Crippen LogP contribution in [0.5, 0.6) is 5.75 Å². The second-order valence-corrected chi connectivity index (χ2v) is 4.61. The number of hydrogen-bond acceptors (Lipinski definition) is 7. The highest BCUT2D eigenvalue weighted by atomic mass is 32.1. The smallest absolute Gasteiger partial charge is 0.360 e. The number of esters is 1. The van der Waals surface area contributed by atoms with Gasteiger partial charge in [-0.05, 0) is 38.2 Å². The molecule has 9 heteroatoms. The number of methoxy groups -OCH3 is 1. The Hall–Kier alpha value is -2.68. The first kappa shape index (κ1) is 18.4. The molecule has 1 aromatic rings. The van der Waals surface area contributed by atoms with Crippen molar-refractivity contribution in [1.29, 1.82) is 0 Å². The van der Waals surface area contributed by atoms with E-state index < -0.39 is 5.97 Å². The van der Waals surface area contributed by atoms with Crippen molar-refractivity contribution in [2.75, 3.05) is 19.1 Å². The van der Waals surface area contributed by atoms with Gasteiger partial charge in [-0.25, -0.2) is 4.79 Å². The Morgan fingerprint density at radius 2 is 2.04 bits per heavy atom. The Bertz CT molecular complexity index is 631. The fourth-order valence-corrected chi connectivity index (χ4v) is 1.56. The lowest BCUT2D eigenvalue weighted by atomic mass is 10.2. The quantitative estimate of drug-likeness (QED) is 0.297. The van der Waals surface area contributed by atoms with Gasteiger partial charge in [-0.2, -0.15) is 10.2 Å². The summed E-state index contributed by atoms with van der Waals surface area (Å²) in [5.41, 5.74) is 11.3. The minimum Gasteiger partial charge on any atom is -0.495 e. The summed E-state index contributed by atoms with van der Waals surface area (Å²) in [6.45, 7) is 3.48. The van der Waals surface area contributed by atoms with Gasteiger partial charge in [-0.3, -0.25) is 10.9 Å². The molecule has 8 nitrogen and oxygen atoms in total. The summed E-state index contributed by atoms with van der Waals surface area (Å²) < 4.78 is 10.2. The van der Waals surface area contributed by atoms with Crippen molar-refractivity contribution in [3.8, 4) is 5.75 Å². The number of anilines is 1. The number of carbonyl (C=O) groups is 1. The van der Waals surface area contributed by atoms with Crippen molar-refractivity contribution < 1.29 is 14.3 Å². The minimum absolute atomic E-state index is 0.0125. The van der Waals surface area contributed by atoms with Gasteiger partial charge in [0.2, 0.25) is 0 Å². The van der Waals surface area contributed by atoms with E-state index in [1.807, 2.05) is 6.07 Å². The van der Waals surface area contributed by atoms with Gasteiger partial charge in [0.05, 0.1) is 25.1 Å². The third-order valence-corrected chi connectivity index (χ3v) is 2.63. The maximum atomic E-state index is 12.0. The van der Waals surface area contributed by atoms with Crippen LogP contribution in [-0.2, 0) is 9.53 Å². The van der Waals surface area contributed by atoms with Crippen LogP contribution in [0.2, 0.25) is 0 Å². The number of carbonyl (C=O) groups excluding carboxylic acids is 1. The van der Waals surface area contributed by atoms with Crippen molar-refractivity contribution in [2.45, 2.75) is 13.8 Å². The van der Waals surface area contributed by atoms with E-state index in [0.29, 0.717) is 11.4 Å². The molecule has 0 aromatic heterocycles. The zero-order chi connectivity index (χ0) is 17.2. The molecular weight excluding hydrogens is 318 g/mol. The van der Waals surface area contributed by atoms with Gasteiger partial charge in [-0.1, -0.05) is 12.1 Å². The number of hydrazone groups is 2. The molecule has 0 saturated heterocycles. The molecule has 0 spiro atoms. The summed E-state index contributed by atoms with van der Waals surface area (Å²) in [5.74, 6) is -0.0452. The summed E-state index contributed by atoms with van der Waals surface area (Å²) in [5, 5.41) is 7.91. The van der Waals surface area contributed by atoms with Gasteiger partial charge in [0.1, 0.15) is 5.75 Å². The first-order chi connectivity index (χ1) is 11.0. The Balaban J connectivity index is 3.05. The maximum absolute atomic E-state index is 12.0. The number of hydrogen-bond donors (Lipinski definition) is 3. The standard InChI is InChI=1S/C14H19N5O3S/c1-4-22-13(20)12(9(2)16-19-14(15)23)18-17-10-7-5-6-8-11(10)21-3/h5-8,17H,4H2,1-3H3,(H3,15,19,23)/b16-9?,18-12-. The SMILES string of the molecule is CCOC(=O)/C(=N\Nc1ccccc1OC)C(C)=NNC(N)=S. The van der Waals surface area contributed by atoms with E-state index in [1.54, 1.807) is 32.0 Å². The van der Waals surface area contributed by atoms with E-state index in [0.717, 1.165) is 0 Å². The number of para-hydroxylation sites is 2. The van der Waals surface area contributed by atoms with Crippen LogP contribution in [0.15, 0.2) is 34.5 Å². The fourth-order valence-electron chi connectivity index (χ4n) is 1.52. The minimum atomic E-state index is -0.624. The highest BCUT2D eigenvalue weighted by Gasteiger charge is 2.17. The van der Waals surface area contributed by atoms with E-state index in [2.05, 4.69) is 33.3 Å². The summed E-state index contributed by atoms with van der Waals surface area (Å²) in [6, 6.07) is 7.14. The van der Waals surface area contributed by atoms with Crippen LogP contribution < -0.4 is 21.3 Å². The Kier molecular flexibility index (Phi) is 7.48. The van der Waals surface area contributed by atoms with Crippen LogP contribution in [0.25, 0.3) is 0 Å². The molecule has 124 valence electrons. The molecule has 1 aromatic carbocycles. The van der Waals surface area contributed by atoms with E-state index in [1.165, 1.54) is 7.11 Å². The van der Waals surface area contributed by atoms with Gasteiger partial charge < -0.3 is 15.2 Å². The van der Waals surface area contributed by atoms with Gasteiger partial charge in [-0.15, -0.1) is 0 Å².